The summed E-state index contributed by atoms with van der Waals surface area (Å²) in [4.78, 5) is 16.8. The highest BCUT2D eigenvalue weighted by Crippen LogP contribution is 2.34. The van der Waals surface area contributed by atoms with Crippen LogP contribution < -0.4 is 20.1 Å². The average Bonchev–Trinajstić information content (AvgIpc) is 3.16. The van der Waals surface area contributed by atoms with Crippen LogP contribution in [0.2, 0.25) is 5.02 Å². The van der Waals surface area contributed by atoms with Crippen molar-refractivity contribution in [2.45, 2.75) is 6.42 Å². The number of carbonyl (C=O) groups excluding carboxylic acids is 1. The Kier molecular flexibility index (Phi) is 5.30. The first-order valence-corrected chi connectivity index (χ1v) is 9.20. The predicted molar refractivity (Wildman–Crippen MR) is 108 cm³/mol. The normalized spacial score (nSPS) is 11.9. The minimum absolute atomic E-state index is 0.196. The van der Waals surface area contributed by atoms with Crippen molar-refractivity contribution in [3.8, 4) is 11.5 Å². The topological polar surface area (TPSA) is 72.5 Å². The molecule has 0 bridgehead atoms. The van der Waals surface area contributed by atoms with E-state index in [2.05, 4.69) is 15.6 Å². The van der Waals surface area contributed by atoms with Gasteiger partial charge in [0, 0.05) is 35.1 Å². The SMILES string of the molecule is O=C(Nc1ccc2c(c1)OCO2)c1ccnc(NCCc2cccc(Cl)c2)c1. The van der Waals surface area contributed by atoms with Crippen LogP contribution in [0.25, 0.3) is 0 Å². The van der Waals surface area contributed by atoms with Gasteiger partial charge < -0.3 is 20.1 Å². The van der Waals surface area contributed by atoms with E-state index in [0.29, 0.717) is 35.1 Å². The van der Waals surface area contributed by atoms with Gasteiger partial charge in [0.25, 0.3) is 5.91 Å². The lowest BCUT2D eigenvalue weighted by Gasteiger charge is -2.09. The molecular weight excluding hydrogens is 378 g/mol. The molecule has 0 fully saturated rings. The lowest BCUT2D eigenvalue weighted by Crippen LogP contribution is -2.13. The molecule has 6 nitrogen and oxygen atoms in total. The second-order valence-electron chi connectivity index (χ2n) is 6.26. The van der Waals surface area contributed by atoms with Gasteiger partial charge in [-0.25, -0.2) is 4.98 Å². The Hall–Kier alpha value is -3.25. The van der Waals surface area contributed by atoms with Gasteiger partial charge in [-0.2, -0.15) is 0 Å². The highest BCUT2D eigenvalue weighted by atomic mass is 35.5. The maximum Gasteiger partial charge on any atom is 0.255 e. The maximum atomic E-state index is 12.5. The van der Waals surface area contributed by atoms with E-state index in [0.717, 1.165) is 17.0 Å². The van der Waals surface area contributed by atoms with E-state index in [1.54, 1.807) is 36.5 Å². The molecule has 0 saturated heterocycles. The Bertz CT molecular complexity index is 1010. The second-order valence-corrected chi connectivity index (χ2v) is 6.70. The third-order valence-corrected chi connectivity index (χ3v) is 4.50. The summed E-state index contributed by atoms with van der Waals surface area (Å²) in [6.45, 7) is 0.877. The molecule has 3 aromatic rings. The van der Waals surface area contributed by atoms with Crippen LogP contribution in [0.4, 0.5) is 11.5 Å². The zero-order valence-electron chi connectivity index (χ0n) is 14.9. The number of amides is 1. The molecule has 4 rings (SSSR count). The van der Waals surface area contributed by atoms with Crippen molar-refractivity contribution < 1.29 is 14.3 Å². The number of nitrogens with zero attached hydrogens (tertiary/aromatic N) is 1. The molecule has 0 radical (unpaired) electrons. The number of nitrogens with one attached hydrogen (secondary N) is 2. The molecule has 0 unspecified atom stereocenters. The first-order chi connectivity index (χ1) is 13.7. The molecule has 28 heavy (non-hydrogen) atoms. The van der Waals surface area contributed by atoms with Gasteiger partial charge in [-0.05, 0) is 48.4 Å². The molecule has 7 heteroatoms. The van der Waals surface area contributed by atoms with Gasteiger partial charge in [-0.15, -0.1) is 0 Å². The number of fused-ring (bicyclic) bond motifs is 1. The van der Waals surface area contributed by atoms with Gasteiger partial charge in [0.05, 0.1) is 0 Å². The fraction of sp³-hybridized carbons (Fsp3) is 0.143. The van der Waals surface area contributed by atoms with Crippen LogP contribution in [0.1, 0.15) is 15.9 Å². The van der Waals surface area contributed by atoms with Gasteiger partial charge in [0.2, 0.25) is 6.79 Å². The zero-order chi connectivity index (χ0) is 19.3. The van der Waals surface area contributed by atoms with E-state index in [-0.39, 0.29) is 12.7 Å². The zero-order valence-corrected chi connectivity index (χ0v) is 15.7. The molecule has 2 heterocycles. The Balaban J connectivity index is 1.36. The second kappa shape index (κ2) is 8.19. The lowest BCUT2D eigenvalue weighted by molar-refractivity contribution is 0.102. The molecule has 0 saturated carbocycles. The van der Waals surface area contributed by atoms with Crippen LogP contribution in [0.5, 0.6) is 11.5 Å². The number of carbonyl (C=O) groups is 1. The summed E-state index contributed by atoms with van der Waals surface area (Å²) in [5.74, 6) is 1.71. The van der Waals surface area contributed by atoms with Gasteiger partial charge in [-0.3, -0.25) is 4.79 Å². The monoisotopic (exact) mass is 395 g/mol. The first kappa shape index (κ1) is 18.1. The molecule has 1 aliphatic rings. The molecule has 2 N–H and O–H groups in total. The number of ether oxygens (including phenoxy) is 2. The van der Waals surface area contributed by atoms with E-state index in [1.165, 1.54) is 0 Å². The molecule has 0 spiro atoms. The number of rotatable bonds is 6. The highest BCUT2D eigenvalue weighted by Gasteiger charge is 2.15. The molecule has 0 aliphatic carbocycles. The Morgan fingerprint density at radius 3 is 2.86 bits per heavy atom. The maximum absolute atomic E-state index is 12.5. The fourth-order valence-corrected chi connectivity index (χ4v) is 3.09. The van der Waals surface area contributed by atoms with E-state index in [9.17, 15) is 4.79 Å². The third kappa shape index (κ3) is 4.35. The summed E-state index contributed by atoms with van der Waals surface area (Å²) in [5, 5.41) is 6.81. The van der Waals surface area contributed by atoms with Crippen LogP contribution in [0.15, 0.2) is 60.8 Å². The van der Waals surface area contributed by atoms with Crippen molar-refractivity contribution in [3.63, 3.8) is 0 Å². The summed E-state index contributed by atoms with van der Waals surface area (Å²) in [5.41, 5.74) is 2.29. The number of benzene rings is 2. The predicted octanol–water partition coefficient (Wildman–Crippen LogP) is 4.37. The first-order valence-electron chi connectivity index (χ1n) is 8.83. The fourth-order valence-electron chi connectivity index (χ4n) is 2.87. The number of aromatic nitrogens is 1. The number of halogens is 1. The van der Waals surface area contributed by atoms with Gasteiger partial charge in [0.1, 0.15) is 5.82 Å². The molecule has 1 amide bonds. The summed E-state index contributed by atoms with van der Waals surface area (Å²) in [7, 11) is 0. The van der Waals surface area contributed by atoms with Crippen molar-refractivity contribution in [2.75, 3.05) is 24.0 Å². The van der Waals surface area contributed by atoms with E-state index < -0.39 is 0 Å². The van der Waals surface area contributed by atoms with Crippen LogP contribution >= 0.6 is 11.6 Å². The van der Waals surface area contributed by atoms with Gasteiger partial charge in [-0.1, -0.05) is 23.7 Å². The van der Waals surface area contributed by atoms with Crippen LogP contribution in [-0.4, -0.2) is 24.2 Å². The summed E-state index contributed by atoms with van der Waals surface area (Å²) in [6.07, 6.45) is 2.41. The average molecular weight is 396 g/mol. The van der Waals surface area contributed by atoms with Gasteiger partial charge >= 0.3 is 0 Å². The van der Waals surface area contributed by atoms with E-state index in [1.807, 2.05) is 24.3 Å². The van der Waals surface area contributed by atoms with Crippen molar-refractivity contribution in [1.82, 2.24) is 4.98 Å². The smallest absolute Gasteiger partial charge is 0.255 e. The summed E-state index contributed by atoms with van der Waals surface area (Å²) < 4.78 is 10.6. The summed E-state index contributed by atoms with van der Waals surface area (Å²) in [6, 6.07) is 16.4. The quantitative estimate of drug-likeness (QED) is 0.648. The van der Waals surface area contributed by atoms with Crippen LogP contribution in [0, 0.1) is 0 Å². The largest absolute Gasteiger partial charge is 0.454 e. The summed E-state index contributed by atoms with van der Waals surface area (Å²) >= 11 is 6.00. The van der Waals surface area contributed by atoms with Gasteiger partial charge in [0.15, 0.2) is 11.5 Å². The number of anilines is 2. The minimum atomic E-state index is -0.223. The van der Waals surface area contributed by atoms with Crippen LogP contribution in [-0.2, 0) is 6.42 Å². The lowest BCUT2D eigenvalue weighted by atomic mass is 10.1. The number of pyridine rings is 1. The Morgan fingerprint density at radius 1 is 1.07 bits per heavy atom. The molecule has 0 atom stereocenters. The Labute approximate surface area is 167 Å². The van der Waals surface area contributed by atoms with E-state index in [4.69, 9.17) is 21.1 Å². The molecule has 142 valence electrons. The van der Waals surface area contributed by atoms with Crippen molar-refractivity contribution in [1.29, 1.82) is 0 Å². The molecule has 1 aliphatic heterocycles. The standard InChI is InChI=1S/C21H18ClN3O3/c22-16-3-1-2-14(10-16)6-8-23-20-11-15(7-9-24-20)21(26)25-17-4-5-18-19(12-17)28-13-27-18/h1-5,7,9-12H,6,8,13H2,(H,23,24)(H,25,26). The minimum Gasteiger partial charge on any atom is -0.454 e. The highest BCUT2D eigenvalue weighted by molar-refractivity contribution is 6.30. The number of hydrogen-bond acceptors (Lipinski definition) is 5. The third-order valence-electron chi connectivity index (χ3n) is 4.26. The number of hydrogen-bond donors (Lipinski definition) is 2. The van der Waals surface area contributed by atoms with Crippen molar-refractivity contribution in [3.05, 3.63) is 76.9 Å². The van der Waals surface area contributed by atoms with Crippen molar-refractivity contribution >= 4 is 29.0 Å². The molecule has 2 aromatic carbocycles. The molecule has 1 aromatic heterocycles. The van der Waals surface area contributed by atoms with Crippen molar-refractivity contribution in [2.24, 2.45) is 0 Å². The molecular formula is C21H18ClN3O3. The Morgan fingerprint density at radius 2 is 1.96 bits per heavy atom. The van der Waals surface area contributed by atoms with E-state index >= 15 is 0 Å². The van der Waals surface area contributed by atoms with Crippen LogP contribution in [0.3, 0.4) is 0 Å².